The number of rotatable bonds is 1. The van der Waals surface area contributed by atoms with Gasteiger partial charge in [0.05, 0.1) is 0 Å². The number of carbonyl (C=O) groups is 1. The van der Waals surface area contributed by atoms with Gasteiger partial charge < -0.3 is 14.2 Å². The van der Waals surface area contributed by atoms with E-state index in [1.54, 1.807) is 16.5 Å². The Morgan fingerprint density at radius 3 is 2.67 bits per heavy atom. The second-order valence-corrected chi connectivity index (χ2v) is 6.71. The molecular formula is C14H23FN4O2. The highest BCUT2D eigenvalue weighted by molar-refractivity contribution is 5.68. The van der Waals surface area contributed by atoms with Crippen LogP contribution in [-0.2, 0) is 17.5 Å². The number of halogens is 1. The first kappa shape index (κ1) is 15.7. The molecule has 0 saturated carbocycles. The zero-order chi connectivity index (χ0) is 15.8. The molecule has 1 aromatic rings. The maximum atomic E-state index is 15.1. The number of piperidine rings is 1. The summed E-state index contributed by atoms with van der Waals surface area (Å²) in [6, 6.07) is -0.254. The summed E-state index contributed by atoms with van der Waals surface area (Å²) < 4.78 is 22.1. The van der Waals surface area contributed by atoms with Gasteiger partial charge in [0.2, 0.25) is 0 Å². The molecule has 0 spiro atoms. The first-order valence-electron chi connectivity index (χ1n) is 7.15. The van der Waals surface area contributed by atoms with Crippen LogP contribution < -0.4 is 0 Å². The Morgan fingerprint density at radius 1 is 1.52 bits per heavy atom. The van der Waals surface area contributed by atoms with Crippen LogP contribution in [0, 0.1) is 0 Å². The fourth-order valence-electron chi connectivity index (χ4n) is 2.68. The standard InChI is InChI=1S/C14H23FN4O2/c1-10-8-14(15,11-17-16-9-18(11)5)6-7-19(10)12(20)21-13(2,3)4/h9-10H,6-8H2,1-5H3/t10-,14-/m0/s1. The minimum atomic E-state index is -1.55. The van der Waals surface area contributed by atoms with E-state index in [0.717, 1.165) is 0 Å². The van der Waals surface area contributed by atoms with Crippen molar-refractivity contribution in [1.82, 2.24) is 19.7 Å². The van der Waals surface area contributed by atoms with Crippen LogP contribution in [0.25, 0.3) is 0 Å². The van der Waals surface area contributed by atoms with Crippen LogP contribution in [0.3, 0.4) is 0 Å². The molecule has 7 heteroatoms. The molecule has 118 valence electrons. The summed E-state index contributed by atoms with van der Waals surface area (Å²) in [6.07, 6.45) is 1.48. The van der Waals surface area contributed by atoms with E-state index < -0.39 is 17.4 Å². The van der Waals surface area contributed by atoms with E-state index in [4.69, 9.17) is 4.74 Å². The SMILES string of the molecule is C[C@H]1C[C@](F)(c2nncn2C)CCN1C(=O)OC(C)(C)C. The van der Waals surface area contributed by atoms with Crippen LogP contribution in [0.15, 0.2) is 6.33 Å². The van der Waals surface area contributed by atoms with Crippen molar-refractivity contribution in [2.75, 3.05) is 6.54 Å². The molecule has 1 aliphatic rings. The largest absolute Gasteiger partial charge is 0.444 e. The minimum absolute atomic E-state index is 0.193. The van der Waals surface area contributed by atoms with E-state index in [-0.39, 0.29) is 18.9 Å². The quantitative estimate of drug-likeness (QED) is 0.799. The molecule has 6 nitrogen and oxygen atoms in total. The molecule has 0 aliphatic carbocycles. The van der Waals surface area contributed by atoms with E-state index >= 15 is 4.39 Å². The monoisotopic (exact) mass is 298 g/mol. The maximum absolute atomic E-state index is 15.1. The van der Waals surface area contributed by atoms with E-state index in [1.807, 2.05) is 27.7 Å². The molecule has 2 atom stereocenters. The van der Waals surface area contributed by atoms with Gasteiger partial charge in [-0.05, 0) is 27.7 Å². The Balaban J connectivity index is 2.09. The van der Waals surface area contributed by atoms with Crippen molar-refractivity contribution in [3.05, 3.63) is 12.2 Å². The van der Waals surface area contributed by atoms with E-state index in [2.05, 4.69) is 10.2 Å². The third-order valence-corrected chi connectivity index (χ3v) is 3.64. The number of hydrogen-bond acceptors (Lipinski definition) is 4. The first-order chi connectivity index (χ1) is 9.62. The summed E-state index contributed by atoms with van der Waals surface area (Å²) in [7, 11) is 1.72. The number of ether oxygens (including phenoxy) is 1. The average molecular weight is 298 g/mol. The number of carbonyl (C=O) groups excluding carboxylic acids is 1. The molecule has 0 N–H and O–H groups in total. The lowest BCUT2D eigenvalue weighted by Gasteiger charge is -2.40. The molecule has 1 amide bonds. The summed E-state index contributed by atoms with van der Waals surface area (Å²) in [6.45, 7) is 7.59. The summed E-state index contributed by atoms with van der Waals surface area (Å²) in [5.41, 5.74) is -2.10. The van der Waals surface area contributed by atoms with Crippen LogP contribution >= 0.6 is 0 Å². The van der Waals surface area contributed by atoms with Crippen LogP contribution in [0.5, 0.6) is 0 Å². The highest BCUT2D eigenvalue weighted by atomic mass is 19.1. The van der Waals surface area contributed by atoms with Crippen molar-refractivity contribution in [3.63, 3.8) is 0 Å². The van der Waals surface area contributed by atoms with Gasteiger partial charge in [-0.3, -0.25) is 0 Å². The van der Waals surface area contributed by atoms with Gasteiger partial charge in [0.15, 0.2) is 11.5 Å². The molecule has 0 bridgehead atoms. The zero-order valence-corrected chi connectivity index (χ0v) is 13.3. The van der Waals surface area contributed by atoms with Crippen molar-refractivity contribution in [3.8, 4) is 0 Å². The summed E-state index contributed by atoms with van der Waals surface area (Å²) in [4.78, 5) is 13.7. The Morgan fingerprint density at radius 2 is 2.19 bits per heavy atom. The molecule has 0 unspecified atom stereocenters. The summed E-state index contributed by atoms with van der Waals surface area (Å²) >= 11 is 0. The van der Waals surface area contributed by atoms with Crippen LogP contribution in [0.4, 0.5) is 9.18 Å². The molecule has 0 radical (unpaired) electrons. The molecule has 1 aromatic heterocycles. The van der Waals surface area contributed by atoms with Crippen molar-refractivity contribution < 1.29 is 13.9 Å². The van der Waals surface area contributed by atoms with Gasteiger partial charge in [-0.2, -0.15) is 0 Å². The zero-order valence-electron chi connectivity index (χ0n) is 13.3. The Kier molecular flexibility index (Phi) is 3.95. The molecular weight excluding hydrogens is 275 g/mol. The lowest BCUT2D eigenvalue weighted by molar-refractivity contribution is -0.0188. The summed E-state index contributed by atoms with van der Waals surface area (Å²) in [5, 5.41) is 7.62. The molecule has 2 rings (SSSR count). The van der Waals surface area contributed by atoms with Gasteiger partial charge in [0.1, 0.15) is 11.9 Å². The minimum Gasteiger partial charge on any atom is -0.444 e. The molecule has 1 aliphatic heterocycles. The topological polar surface area (TPSA) is 60.2 Å². The highest BCUT2D eigenvalue weighted by Gasteiger charge is 2.45. The van der Waals surface area contributed by atoms with Gasteiger partial charge in [0, 0.05) is 32.5 Å². The van der Waals surface area contributed by atoms with Gasteiger partial charge in [0.25, 0.3) is 0 Å². The van der Waals surface area contributed by atoms with Gasteiger partial charge >= 0.3 is 6.09 Å². The van der Waals surface area contributed by atoms with Gasteiger partial charge in [-0.1, -0.05) is 0 Å². The lowest BCUT2D eigenvalue weighted by Crippen LogP contribution is -2.50. The van der Waals surface area contributed by atoms with Crippen LogP contribution in [-0.4, -0.2) is 43.9 Å². The fraction of sp³-hybridized carbons (Fsp3) is 0.786. The Hall–Kier alpha value is -1.66. The van der Waals surface area contributed by atoms with Crippen LogP contribution in [0.2, 0.25) is 0 Å². The number of nitrogens with zero attached hydrogens (tertiary/aromatic N) is 4. The summed E-state index contributed by atoms with van der Waals surface area (Å²) in [5.74, 6) is 0.318. The average Bonchev–Trinajstić information content (AvgIpc) is 2.73. The van der Waals surface area contributed by atoms with E-state index in [0.29, 0.717) is 12.4 Å². The Bertz CT molecular complexity index is 525. The normalized spacial score (nSPS) is 26.8. The fourth-order valence-corrected chi connectivity index (χ4v) is 2.68. The van der Waals surface area contributed by atoms with Crippen molar-refractivity contribution in [1.29, 1.82) is 0 Å². The second kappa shape index (κ2) is 5.27. The first-order valence-corrected chi connectivity index (χ1v) is 7.15. The third kappa shape index (κ3) is 3.33. The molecule has 2 heterocycles. The second-order valence-electron chi connectivity index (χ2n) is 6.71. The molecule has 0 aromatic carbocycles. The van der Waals surface area contributed by atoms with Crippen molar-refractivity contribution >= 4 is 6.09 Å². The number of alkyl halides is 1. The molecule has 1 saturated heterocycles. The smallest absolute Gasteiger partial charge is 0.410 e. The number of aryl methyl sites for hydroxylation is 1. The number of hydrogen-bond donors (Lipinski definition) is 0. The van der Waals surface area contributed by atoms with Gasteiger partial charge in [-0.25, -0.2) is 9.18 Å². The maximum Gasteiger partial charge on any atom is 0.410 e. The van der Waals surface area contributed by atoms with Crippen LogP contribution in [0.1, 0.15) is 46.4 Å². The number of amides is 1. The number of likely N-dealkylation sites (tertiary alicyclic amines) is 1. The highest BCUT2D eigenvalue weighted by Crippen LogP contribution is 2.38. The predicted molar refractivity (Wildman–Crippen MR) is 75.4 cm³/mol. The molecule has 21 heavy (non-hydrogen) atoms. The van der Waals surface area contributed by atoms with E-state index in [1.165, 1.54) is 6.33 Å². The van der Waals surface area contributed by atoms with Gasteiger partial charge in [-0.15, -0.1) is 10.2 Å². The number of aromatic nitrogens is 3. The van der Waals surface area contributed by atoms with Crippen molar-refractivity contribution in [2.24, 2.45) is 7.05 Å². The van der Waals surface area contributed by atoms with Crippen molar-refractivity contribution in [2.45, 2.75) is 57.8 Å². The predicted octanol–water partition coefficient (Wildman–Crippen LogP) is 2.40. The molecule has 1 fully saturated rings. The van der Waals surface area contributed by atoms with E-state index in [9.17, 15) is 4.79 Å². The lowest BCUT2D eigenvalue weighted by atomic mass is 9.88. The third-order valence-electron chi connectivity index (χ3n) is 3.64. The Labute approximate surface area is 124 Å².